The van der Waals surface area contributed by atoms with Crippen molar-refractivity contribution in [1.29, 1.82) is 0 Å². The fourth-order valence-corrected chi connectivity index (χ4v) is 5.47. The highest BCUT2D eigenvalue weighted by Gasteiger charge is 2.34. The number of hydrogen-bond donors (Lipinski definition) is 2. The molecule has 5 aromatic rings. The summed E-state index contributed by atoms with van der Waals surface area (Å²) in [6.07, 6.45) is -3.58. The molecule has 0 aliphatic rings. The van der Waals surface area contributed by atoms with Crippen LogP contribution >= 0.6 is 0 Å². The molecule has 0 bridgehead atoms. The normalized spacial score (nSPS) is 12.0. The molecule has 15 heteroatoms. The highest BCUT2D eigenvalue weighted by molar-refractivity contribution is 7.92. The number of rotatable bonds is 6. The van der Waals surface area contributed by atoms with E-state index in [1.165, 1.54) is 30.5 Å². The molecular formula is C27H18F5N5O4S. The number of ether oxygens (including phenoxy) is 1. The first kappa shape index (κ1) is 28.5. The standard InChI is InChI=1S/C27H18F5N5O4S/c1-41-24-22(42(39,40)36-23-18(28)6-4-7-19(23)29)12-15(13-34-24)14-9-10-20-16(11-14)25(38)37(26(33)35-20)21-8-3-2-5-17(21)27(30,31)32/h2-13,36H,1H3,(H2,33,35). The molecule has 0 aliphatic carbocycles. The van der Waals surface area contributed by atoms with Gasteiger partial charge in [0.2, 0.25) is 11.8 Å². The fourth-order valence-electron chi connectivity index (χ4n) is 4.24. The molecule has 0 spiro atoms. The first-order chi connectivity index (χ1) is 19.8. The summed E-state index contributed by atoms with van der Waals surface area (Å²) in [5.41, 5.74) is 2.82. The zero-order valence-electron chi connectivity index (χ0n) is 21.3. The number of methoxy groups -OCH3 is 1. The molecule has 3 N–H and O–H groups in total. The van der Waals surface area contributed by atoms with Crippen molar-refractivity contribution in [2.45, 2.75) is 11.1 Å². The third-order valence-electron chi connectivity index (χ3n) is 6.18. The highest BCUT2D eigenvalue weighted by Crippen LogP contribution is 2.35. The lowest BCUT2D eigenvalue weighted by atomic mass is 10.1. The van der Waals surface area contributed by atoms with Gasteiger partial charge < -0.3 is 10.5 Å². The average Bonchev–Trinajstić information content (AvgIpc) is 2.94. The number of pyridine rings is 1. The quantitative estimate of drug-likeness (QED) is 0.257. The van der Waals surface area contributed by atoms with Gasteiger partial charge in [-0.05, 0) is 48.0 Å². The van der Waals surface area contributed by atoms with Crippen molar-refractivity contribution in [1.82, 2.24) is 14.5 Å². The molecule has 0 aliphatic heterocycles. The van der Waals surface area contributed by atoms with Gasteiger partial charge in [-0.2, -0.15) is 13.2 Å². The van der Waals surface area contributed by atoms with Crippen LogP contribution in [0.5, 0.6) is 5.88 Å². The van der Waals surface area contributed by atoms with Crippen molar-refractivity contribution in [2.75, 3.05) is 17.6 Å². The Labute approximate surface area is 234 Å². The van der Waals surface area contributed by atoms with E-state index in [0.29, 0.717) is 4.57 Å². The first-order valence-corrected chi connectivity index (χ1v) is 13.3. The van der Waals surface area contributed by atoms with Gasteiger partial charge in [-0.25, -0.2) is 31.7 Å². The topological polar surface area (TPSA) is 129 Å². The summed E-state index contributed by atoms with van der Waals surface area (Å²) in [6.45, 7) is 0. The number of aromatic nitrogens is 3. The molecule has 0 saturated heterocycles. The molecular weight excluding hydrogens is 585 g/mol. The number of halogens is 5. The molecule has 42 heavy (non-hydrogen) atoms. The van der Waals surface area contributed by atoms with E-state index >= 15 is 0 Å². The van der Waals surface area contributed by atoms with Crippen molar-refractivity contribution < 1.29 is 35.1 Å². The number of nitrogens with one attached hydrogen (secondary N) is 1. The minimum Gasteiger partial charge on any atom is -0.480 e. The van der Waals surface area contributed by atoms with Crippen LogP contribution in [-0.2, 0) is 16.2 Å². The van der Waals surface area contributed by atoms with Crippen LogP contribution in [0, 0.1) is 11.6 Å². The molecule has 0 saturated carbocycles. The SMILES string of the molecule is COc1ncc(-c2ccc3nc(N)n(-c4ccccc4C(F)(F)F)c(=O)c3c2)cc1S(=O)(=O)Nc1c(F)cccc1F. The van der Waals surface area contributed by atoms with E-state index < -0.39 is 67.1 Å². The highest BCUT2D eigenvalue weighted by atomic mass is 32.2. The lowest BCUT2D eigenvalue weighted by molar-refractivity contribution is -0.137. The third-order valence-corrected chi connectivity index (χ3v) is 7.52. The largest absolute Gasteiger partial charge is 0.480 e. The van der Waals surface area contributed by atoms with E-state index in [2.05, 4.69) is 9.97 Å². The molecule has 216 valence electrons. The number of nitrogen functional groups attached to an aromatic ring is 1. The average molecular weight is 604 g/mol. The van der Waals surface area contributed by atoms with Crippen LogP contribution < -0.4 is 20.8 Å². The van der Waals surface area contributed by atoms with Gasteiger partial charge in [-0.15, -0.1) is 0 Å². The summed E-state index contributed by atoms with van der Waals surface area (Å²) < 4.78 is 103. The lowest BCUT2D eigenvalue weighted by Gasteiger charge is -2.16. The number of para-hydroxylation sites is 2. The molecule has 0 amide bonds. The Hall–Kier alpha value is -5.05. The summed E-state index contributed by atoms with van der Waals surface area (Å²) >= 11 is 0. The Morgan fingerprint density at radius 3 is 2.31 bits per heavy atom. The molecule has 3 aromatic carbocycles. The van der Waals surface area contributed by atoms with E-state index in [9.17, 15) is 35.2 Å². The minimum absolute atomic E-state index is 0.0630. The maximum absolute atomic E-state index is 14.2. The van der Waals surface area contributed by atoms with E-state index in [1.807, 2.05) is 4.72 Å². The zero-order valence-corrected chi connectivity index (χ0v) is 22.1. The maximum atomic E-state index is 14.2. The molecule has 2 heterocycles. The van der Waals surface area contributed by atoms with Gasteiger partial charge in [-0.1, -0.05) is 24.3 Å². The second-order valence-corrected chi connectivity index (χ2v) is 10.4. The van der Waals surface area contributed by atoms with E-state index in [1.54, 1.807) is 0 Å². The van der Waals surface area contributed by atoms with Crippen LogP contribution in [0.1, 0.15) is 5.56 Å². The Morgan fingerprint density at radius 2 is 1.64 bits per heavy atom. The van der Waals surface area contributed by atoms with Crippen molar-refractivity contribution >= 4 is 32.6 Å². The van der Waals surface area contributed by atoms with Gasteiger partial charge in [0, 0.05) is 11.8 Å². The first-order valence-electron chi connectivity index (χ1n) is 11.8. The van der Waals surface area contributed by atoms with E-state index in [4.69, 9.17) is 10.5 Å². The zero-order chi connectivity index (χ0) is 30.4. The maximum Gasteiger partial charge on any atom is 0.418 e. The van der Waals surface area contributed by atoms with Crippen LogP contribution in [0.4, 0.5) is 33.6 Å². The molecule has 0 fully saturated rings. The molecule has 2 aromatic heterocycles. The summed E-state index contributed by atoms with van der Waals surface area (Å²) in [5.74, 6) is -3.20. The minimum atomic E-state index is -4.80. The van der Waals surface area contributed by atoms with Gasteiger partial charge >= 0.3 is 6.18 Å². The fraction of sp³-hybridized carbons (Fsp3) is 0.0741. The summed E-state index contributed by atoms with van der Waals surface area (Å²) in [6, 6.07) is 12.3. The second kappa shape index (κ2) is 10.4. The van der Waals surface area contributed by atoms with Gasteiger partial charge in [0.1, 0.15) is 22.2 Å². The summed E-state index contributed by atoms with van der Waals surface area (Å²) in [4.78, 5) is 20.9. The van der Waals surface area contributed by atoms with Crippen LogP contribution in [-0.4, -0.2) is 30.1 Å². The molecule has 5 rings (SSSR count). The predicted octanol–water partition coefficient (Wildman–Crippen LogP) is 5.14. The van der Waals surface area contributed by atoms with Crippen LogP contribution in [0.25, 0.3) is 27.7 Å². The van der Waals surface area contributed by atoms with Crippen molar-refractivity contribution in [3.05, 3.63) is 100 Å². The number of hydrogen-bond acceptors (Lipinski definition) is 7. The van der Waals surface area contributed by atoms with Gasteiger partial charge in [0.25, 0.3) is 15.6 Å². The predicted molar refractivity (Wildman–Crippen MR) is 144 cm³/mol. The Kier molecular flexibility index (Phi) is 7.06. The third kappa shape index (κ3) is 5.09. The number of fused-ring (bicyclic) bond motifs is 1. The summed E-state index contributed by atoms with van der Waals surface area (Å²) in [5, 5.41) is -0.134. The number of alkyl halides is 3. The molecule has 9 nitrogen and oxygen atoms in total. The van der Waals surface area contributed by atoms with Gasteiger partial charge in [0.15, 0.2) is 0 Å². The lowest BCUT2D eigenvalue weighted by Crippen LogP contribution is -2.25. The molecule has 0 radical (unpaired) electrons. The van der Waals surface area contributed by atoms with E-state index in [0.717, 1.165) is 49.6 Å². The molecule has 0 atom stereocenters. The number of nitrogens with two attached hydrogens (primary N) is 1. The number of anilines is 2. The Morgan fingerprint density at radius 1 is 0.952 bits per heavy atom. The Balaban J connectivity index is 1.65. The smallest absolute Gasteiger partial charge is 0.418 e. The second-order valence-electron chi connectivity index (χ2n) is 8.79. The van der Waals surface area contributed by atoms with Crippen LogP contribution in [0.3, 0.4) is 0 Å². The van der Waals surface area contributed by atoms with Gasteiger partial charge in [0.05, 0.1) is 29.3 Å². The van der Waals surface area contributed by atoms with Gasteiger partial charge in [-0.3, -0.25) is 9.52 Å². The Bertz CT molecular complexity index is 2010. The summed E-state index contributed by atoms with van der Waals surface area (Å²) in [7, 11) is -3.53. The van der Waals surface area contributed by atoms with Crippen molar-refractivity contribution in [2.24, 2.45) is 0 Å². The molecule has 0 unspecified atom stereocenters. The van der Waals surface area contributed by atoms with E-state index in [-0.39, 0.29) is 22.0 Å². The number of benzene rings is 3. The number of sulfonamides is 1. The van der Waals surface area contributed by atoms with Crippen molar-refractivity contribution in [3.63, 3.8) is 0 Å². The number of nitrogens with zero attached hydrogens (tertiary/aromatic N) is 3. The van der Waals surface area contributed by atoms with Crippen molar-refractivity contribution in [3.8, 4) is 22.7 Å². The monoisotopic (exact) mass is 603 g/mol. The van der Waals surface area contributed by atoms with Crippen LogP contribution in [0.15, 0.2) is 82.6 Å². The van der Waals surface area contributed by atoms with Crippen LogP contribution in [0.2, 0.25) is 0 Å².